The lowest BCUT2D eigenvalue weighted by Crippen LogP contribution is -2.38. The summed E-state index contributed by atoms with van der Waals surface area (Å²) in [5, 5.41) is 8.03. The molecule has 6 rings (SSSR count). The van der Waals surface area contributed by atoms with Gasteiger partial charge in [-0.3, -0.25) is 0 Å². The van der Waals surface area contributed by atoms with Crippen molar-refractivity contribution in [3.05, 3.63) is 126 Å². The number of carbonyl (C=O) groups excluding carboxylic acids is 1. The molecule has 8 heteroatoms. The van der Waals surface area contributed by atoms with Gasteiger partial charge in [0.05, 0.1) is 42.5 Å². The van der Waals surface area contributed by atoms with Gasteiger partial charge >= 0.3 is 6.03 Å². The van der Waals surface area contributed by atoms with Gasteiger partial charge in [-0.05, 0) is 60.5 Å². The third-order valence-corrected chi connectivity index (χ3v) is 7.10. The highest BCUT2D eigenvalue weighted by molar-refractivity contribution is 5.91. The van der Waals surface area contributed by atoms with Gasteiger partial charge in [-0.2, -0.15) is 5.10 Å². The predicted octanol–water partition coefficient (Wildman–Crippen LogP) is 6.51. The van der Waals surface area contributed by atoms with Crippen LogP contribution in [-0.4, -0.2) is 32.4 Å². The van der Waals surface area contributed by atoms with Crippen molar-refractivity contribution in [2.24, 2.45) is 0 Å². The number of methoxy groups -OCH3 is 1. The van der Waals surface area contributed by atoms with Crippen LogP contribution >= 0.6 is 0 Å². The smallest absolute Gasteiger partial charge is 0.323 e. The lowest BCUT2D eigenvalue weighted by molar-refractivity contribution is 0.194. The molecule has 1 aliphatic rings. The lowest BCUT2D eigenvalue weighted by Gasteiger charge is -2.31. The fourth-order valence-corrected chi connectivity index (χ4v) is 5.28. The normalized spacial score (nSPS) is 14.3. The summed E-state index contributed by atoms with van der Waals surface area (Å²) in [5.41, 5.74) is 5.03. The zero-order valence-electron chi connectivity index (χ0n) is 21.7. The van der Waals surface area contributed by atoms with Crippen LogP contribution in [0.3, 0.4) is 0 Å². The number of nitrogens with one attached hydrogen (secondary N) is 1. The van der Waals surface area contributed by atoms with Crippen LogP contribution in [-0.2, 0) is 13.0 Å². The molecule has 2 amide bonds. The number of anilines is 1. The van der Waals surface area contributed by atoms with Crippen molar-refractivity contribution in [2.45, 2.75) is 25.9 Å². The number of aryl methyl sites for hydroxylation is 1. The molecule has 1 aliphatic heterocycles. The molecule has 1 atom stereocenters. The summed E-state index contributed by atoms with van der Waals surface area (Å²) in [4.78, 5) is 15.9. The first-order valence-corrected chi connectivity index (χ1v) is 12.9. The molecule has 0 fully saturated rings. The molecule has 0 saturated carbocycles. The molecular weight excluding hydrogens is 493 g/mol. The zero-order valence-corrected chi connectivity index (χ0v) is 21.7. The second-order valence-corrected chi connectivity index (χ2v) is 9.37. The number of aromatic nitrogens is 3. The minimum atomic E-state index is -0.489. The maximum Gasteiger partial charge on any atom is 0.323 e. The third kappa shape index (κ3) is 4.33. The van der Waals surface area contributed by atoms with E-state index in [1.54, 1.807) is 36.3 Å². The number of hydrogen-bond donors (Lipinski definition) is 1. The molecule has 196 valence electrons. The second kappa shape index (κ2) is 10.1. The van der Waals surface area contributed by atoms with E-state index >= 15 is 0 Å². The van der Waals surface area contributed by atoms with E-state index in [-0.39, 0.29) is 11.8 Å². The molecule has 0 bridgehead atoms. The number of carbonyl (C=O) groups is 1. The Hall–Kier alpha value is -4.85. The molecule has 3 aromatic carbocycles. The van der Waals surface area contributed by atoms with E-state index in [0.29, 0.717) is 24.4 Å². The Morgan fingerprint density at radius 1 is 1.00 bits per heavy atom. The van der Waals surface area contributed by atoms with Gasteiger partial charge in [0, 0.05) is 11.8 Å². The van der Waals surface area contributed by atoms with E-state index in [9.17, 15) is 9.18 Å². The Bertz CT molecular complexity index is 1620. The van der Waals surface area contributed by atoms with Gasteiger partial charge in [0.15, 0.2) is 0 Å². The average molecular weight is 522 g/mol. The van der Waals surface area contributed by atoms with Crippen LogP contribution in [0, 0.1) is 5.82 Å². The highest BCUT2D eigenvalue weighted by Crippen LogP contribution is 2.39. The Labute approximate surface area is 226 Å². The first kappa shape index (κ1) is 24.5. The van der Waals surface area contributed by atoms with Crippen LogP contribution in [0.25, 0.3) is 11.5 Å². The number of para-hydroxylation sites is 3. The third-order valence-electron chi connectivity index (χ3n) is 7.10. The molecular formula is C31H28FN5O2. The largest absolute Gasteiger partial charge is 0.495 e. The summed E-state index contributed by atoms with van der Waals surface area (Å²) in [5.74, 6) is 1.12. The number of ether oxygens (including phenoxy) is 1. The van der Waals surface area contributed by atoms with E-state index in [0.717, 1.165) is 34.0 Å². The van der Waals surface area contributed by atoms with Crippen LogP contribution in [0.15, 0.2) is 97.2 Å². The lowest BCUT2D eigenvalue weighted by atomic mass is 10.0. The average Bonchev–Trinajstić information content (AvgIpc) is 3.55. The Morgan fingerprint density at radius 2 is 1.74 bits per heavy atom. The predicted molar refractivity (Wildman–Crippen MR) is 148 cm³/mol. The summed E-state index contributed by atoms with van der Waals surface area (Å²) in [6.07, 6.45) is 2.69. The number of amides is 2. The van der Waals surface area contributed by atoms with Crippen molar-refractivity contribution in [1.29, 1.82) is 0 Å². The Kier molecular flexibility index (Phi) is 6.36. The minimum Gasteiger partial charge on any atom is -0.495 e. The SMILES string of the molecule is CCc1nn(-c2ccccc2)c2c1CN(C(=O)Nc1ccccc1OC)C(c1ccc(F)cc1)c1cccn1-2. The van der Waals surface area contributed by atoms with Crippen molar-refractivity contribution in [3.8, 4) is 17.3 Å². The molecule has 1 N–H and O–H groups in total. The molecule has 0 aliphatic carbocycles. The van der Waals surface area contributed by atoms with Gasteiger partial charge in [-0.15, -0.1) is 0 Å². The number of fused-ring (bicyclic) bond motifs is 3. The molecule has 5 aromatic rings. The van der Waals surface area contributed by atoms with Gasteiger partial charge in [-0.1, -0.05) is 49.4 Å². The van der Waals surface area contributed by atoms with E-state index in [2.05, 4.69) is 16.8 Å². The summed E-state index contributed by atoms with van der Waals surface area (Å²) >= 11 is 0. The Morgan fingerprint density at radius 3 is 2.49 bits per heavy atom. The molecule has 2 aromatic heterocycles. The number of benzene rings is 3. The molecule has 1 unspecified atom stereocenters. The van der Waals surface area contributed by atoms with Crippen molar-refractivity contribution >= 4 is 11.7 Å². The van der Waals surface area contributed by atoms with Crippen molar-refractivity contribution in [1.82, 2.24) is 19.2 Å². The first-order chi connectivity index (χ1) is 19.1. The van der Waals surface area contributed by atoms with E-state index < -0.39 is 6.04 Å². The van der Waals surface area contributed by atoms with E-state index in [4.69, 9.17) is 9.84 Å². The fraction of sp³-hybridized carbons (Fsp3) is 0.161. The van der Waals surface area contributed by atoms with Crippen LogP contribution in [0.5, 0.6) is 5.75 Å². The van der Waals surface area contributed by atoms with Gasteiger partial charge in [-0.25, -0.2) is 13.9 Å². The zero-order chi connectivity index (χ0) is 26.9. The monoisotopic (exact) mass is 521 g/mol. The summed E-state index contributed by atoms with van der Waals surface area (Å²) in [6.45, 7) is 2.37. The summed E-state index contributed by atoms with van der Waals surface area (Å²) in [6, 6.07) is 26.8. The highest BCUT2D eigenvalue weighted by atomic mass is 19.1. The number of halogens is 1. The molecule has 7 nitrogen and oxygen atoms in total. The summed E-state index contributed by atoms with van der Waals surface area (Å²) in [7, 11) is 1.57. The maximum absolute atomic E-state index is 14.1. The van der Waals surface area contributed by atoms with Crippen LogP contribution in [0.1, 0.15) is 35.5 Å². The second-order valence-electron chi connectivity index (χ2n) is 9.37. The number of rotatable bonds is 5. The number of nitrogens with zero attached hydrogens (tertiary/aromatic N) is 4. The summed E-state index contributed by atoms with van der Waals surface area (Å²) < 4.78 is 23.5. The number of urea groups is 1. The highest BCUT2D eigenvalue weighted by Gasteiger charge is 2.36. The molecule has 3 heterocycles. The van der Waals surface area contributed by atoms with E-state index in [1.165, 1.54) is 12.1 Å². The maximum atomic E-state index is 14.1. The van der Waals surface area contributed by atoms with Crippen molar-refractivity contribution in [2.75, 3.05) is 12.4 Å². The minimum absolute atomic E-state index is 0.302. The van der Waals surface area contributed by atoms with Gasteiger partial charge in [0.2, 0.25) is 0 Å². The van der Waals surface area contributed by atoms with Gasteiger partial charge in [0.25, 0.3) is 0 Å². The van der Waals surface area contributed by atoms with E-state index in [1.807, 2.05) is 65.5 Å². The van der Waals surface area contributed by atoms with Crippen molar-refractivity contribution < 1.29 is 13.9 Å². The van der Waals surface area contributed by atoms with Crippen molar-refractivity contribution in [3.63, 3.8) is 0 Å². The topological polar surface area (TPSA) is 64.3 Å². The van der Waals surface area contributed by atoms with Crippen LogP contribution in [0.2, 0.25) is 0 Å². The Balaban J connectivity index is 1.55. The van der Waals surface area contributed by atoms with Crippen LogP contribution < -0.4 is 10.1 Å². The van der Waals surface area contributed by atoms with Gasteiger partial charge in [0.1, 0.15) is 17.4 Å². The molecule has 39 heavy (non-hydrogen) atoms. The standard InChI is InChI=1S/C31H28FN5O2/c1-3-25-24-20-36(31(38)33-26-12-7-8-14-28(26)39-2)29(21-15-17-22(32)18-16-21)27-13-9-19-35(27)30(24)37(34-25)23-10-5-4-6-11-23/h4-19,29H,3,20H2,1-2H3,(H,33,38). The number of hydrogen-bond acceptors (Lipinski definition) is 3. The molecule has 0 spiro atoms. The first-order valence-electron chi connectivity index (χ1n) is 12.9. The van der Waals surface area contributed by atoms with Gasteiger partial charge < -0.3 is 19.5 Å². The fourth-order valence-electron chi connectivity index (χ4n) is 5.28. The van der Waals surface area contributed by atoms with Crippen LogP contribution in [0.4, 0.5) is 14.9 Å². The quantitative estimate of drug-likeness (QED) is 0.287. The molecule has 0 radical (unpaired) electrons. The molecule has 0 saturated heterocycles.